The number of nitrogens with one attached hydrogen (secondary N) is 2. The van der Waals surface area contributed by atoms with Crippen molar-refractivity contribution in [3.05, 3.63) is 107 Å². The van der Waals surface area contributed by atoms with Gasteiger partial charge in [0.2, 0.25) is 10.0 Å². The van der Waals surface area contributed by atoms with E-state index in [0.29, 0.717) is 40.4 Å². The smallest absolute Gasteiger partial charge is 0.258 e. The average Bonchev–Trinajstić information content (AvgIpc) is 3.10. The third kappa shape index (κ3) is 7.66. The fourth-order valence-corrected chi connectivity index (χ4v) is 6.28. The van der Waals surface area contributed by atoms with Gasteiger partial charge in [-0.1, -0.05) is 18.2 Å². The van der Waals surface area contributed by atoms with E-state index >= 15 is 4.39 Å². The predicted octanol–water partition coefficient (Wildman–Crippen LogP) is 3.25. The first-order chi connectivity index (χ1) is 23.5. The minimum Gasteiger partial charge on any atom is -0.496 e. The lowest BCUT2D eigenvalue weighted by molar-refractivity contribution is -0.123. The van der Waals surface area contributed by atoms with Crippen molar-refractivity contribution in [2.45, 2.75) is 30.0 Å². The SMILES string of the molecule is COc1cc2ccc1CNC(=O)COc1cccc(c1)-c1ccc(F)c(c1)C(=O)N[C@@H]1CN(C(=O)c3ccc(S(N)(=O)=O)cc3)CC[C@@H]1O2. The van der Waals surface area contributed by atoms with Crippen molar-refractivity contribution in [3.8, 4) is 28.4 Å². The van der Waals surface area contributed by atoms with Crippen LogP contribution in [0, 0.1) is 5.82 Å². The van der Waals surface area contributed by atoms with Crippen molar-refractivity contribution >= 4 is 27.7 Å². The van der Waals surface area contributed by atoms with E-state index in [9.17, 15) is 22.8 Å². The fraction of sp³-hybridized carbons (Fsp3) is 0.229. The van der Waals surface area contributed by atoms with Crippen LogP contribution in [0.3, 0.4) is 0 Å². The van der Waals surface area contributed by atoms with Crippen LogP contribution < -0.4 is 30.0 Å². The van der Waals surface area contributed by atoms with E-state index in [1.807, 2.05) is 0 Å². The van der Waals surface area contributed by atoms with Crippen LogP contribution >= 0.6 is 0 Å². The Labute approximate surface area is 282 Å². The van der Waals surface area contributed by atoms with Crippen molar-refractivity contribution in [1.29, 1.82) is 0 Å². The zero-order valence-electron chi connectivity index (χ0n) is 26.3. The summed E-state index contributed by atoms with van der Waals surface area (Å²) in [5, 5.41) is 10.9. The van der Waals surface area contributed by atoms with Gasteiger partial charge in [0.25, 0.3) is 17.7 Å². The first-order valence-corrected chi connectivity index (χ1v) is 16.9. The summed E-state index contributed by atoms with van der Waals surface area (Å²) >= 11 is 0. The average molecular weight is 689 g/mol. The van der Waals surface area contributed by atoms with Crippen LogP contribution in [-0.4, -0.2) is 70.0 Å². The molecule has 1 fully saturated rings. The van der Waals surface area contributed by atoms with Gasteiger partial charge in [0, 0.05) is 43.2 Å². The lowest BCUT2D eigenvalue weighted by Crippen LogP contribution is -2.58. The number of methoxy groups -OCH3 is 1. The highest BCUT2D eigenvalue weighted by molar-refractivity contribution is 7.89. The number of rotatable bonds is 3. The number of nitrogens with zero attached hydrogens (tertiary/aromatic N) is 1. The van der Waals surface area contributed by atoms with Crippen LogP contribution in [0.5, 0.6) is 17.2 Å². The van der Waals surface area contributed by atoms with E-state index in [0.717, 1.165) is 0 Å². The molecule has 0 saturated carbocycles. The van der Waals surface area contributed by atoms with Gasteiger partial charge in [0.05, 0.1) is 23.6 Å². The summed E-state index contributed by atoms with van der Waals surface area (Å²) in [6.07, 6.45) is -0.347. The molecule has 0 aromatic heterocycles. The molecule has 4 aromatic rings. The summed E-state index contributed by atoms with van der Waals surface area (Å²) in [5.74, 6) is -0.934. The number of likely N-dealkylation sites (tertiary alicyclic amines) is 1. The highest BCUT2D eigenvalue weighted by atomic mass is 32.2. The number of hydrogen-bond donors (Lipinski definition) is 3. The molecule has 254 valence electrons. The highest BCUT2D eigenvalue weighted by Crippen LogP contribution is 2.29. The third-order valence-electron chi connectivity index (χ3n) is 8.35. The Bertz CT molecular complexity index is 2020. The molecule has 3 amide bonds. The normalized spacial score (nSPS) is 18.2. The maximum atomic E-state index is 15.2. The Morgan fingerprint density at radius 3 is 2.51 bits per heavy atom. The monoisotopic (exact) mass is 688 g/mol. The Morgan fingerprint density at radius 1 is 0.980 bits per heavy atom. The lowest BCUT2D eigenvalue weighted by Gasteiger charge is -2.39. The molecule has 0 aliphatic carbocycles. The highest BCUT2D eigenvalue weighted by Gasteiger charge is 2.35. The van der Waals surface area contributed by atoms with Crippen LogP contribution in [0.1, 0.15) is 32.7 Å². The number of amides is 3. The molecule has 2 atom stereocenters. The van der Waals surface area contributed by atoms with Gasteiger partial charge in [-0.05, 0) is 71.8 Å². The molecular formula is C35H33FN4O8S. The molecule has 7 rings (SSSR count). The van der Waals surface area contributed by atoms with Crippen LogP contribution in [0.15, 0.2) is 89.8 Å². The lowest BCUT2D eigenvalue weighted by atomic mass is 9.99. The molecule has 14 heteroatoms. The molecule has 3 heterocycles. The molecule has 6 bridgehead atoms. The van der Waals surface area contributed by atoms with Gasteiger partial charge in [-0.3, -0.25) is 14.4 Å². The van der Waals surface area contributed by atoms with Gasteiger partial charge in [-0.15, -0.1) is 0 Å². The molecule has 12 nitrogen and oxygen atoms in total. The van der Waals surface area contributed by atoms with E-state index in [2.05, 4.69) is 10.6 Å². The zero-order valence-corrected chi connectivity index (χ0v) is 27.2. The number of sulfonamides is 1. The third-order valence-corrected chi connectivity index (χ3v) is 9.28. The van der Waals surface area contributed by atoms with E-state index in [4.69, 9.17) is 19.3 Å². The topological polar surface area (TPSA) is 166 Å². The first kappa shape index (κ1) is 33.4. The molecule has 0 radical (unpaired) electrons. The standard InChI is InChI=1S/C35H33FN4O8S/c1-46-32-17-26-9-5-24(32)18-38-33(41)20-47-25-4-2-3-22(15-25)23-8-12-29(36)28(16-23)34(42)39-30-19-40(14-13-31(30)48-26)35(43)21-6-10-27(11-7-21)49(37,44)45/h2-12,15-17,30-31H,13-14,18-20H2,1H3,(H,38,41)(H,39,42)(H2,37,44,45)/t30-,31+/m1/s1. The van der Waals surface area contributed by atoms with E-state index in [1.54, 1.807) is 42.5 Å². The summed E-state index contributed by atoms with van der Waals surface area (Å²) < 4.78 is 56.2. The Kier molecular flexibility index (Phi) is 9.51. The Balaban J connectivity index is 1.34. The maximum Gasteiger partial charge on any atom is 0.258 e. The van der Waals surface area contributed by atoms with Crippen molar-refractivity contribution in [2.75, 3.05) is 26.8 Å². The summed E-state index contributed by atoms with van der Waals surface area (Å²) in [4.78, 5) is 41.2. The van der Waals surface area contributed by atoms with Crippen molar-refractivity contribution < 1.29 is 41.4 Å². The van der Waals surface area contributed by atoms with Crippen LogP contribution in [0.25, 0.3) is 11.1 Å². The van der Waals surface area contributed by atoms with Crippen LogP contribution in [0.2, 0.25) is 0 Å². The van der Waals surface area contributed by atoms with Gasteiger partial charge < -0.3 is 29.7 Å². The molecule has 4 aromatic carbocycles. The van der Waals surface area contributed by atoms with Crippen molar-refractivity contribution in [2.24, 2.45) is 5.14 Å². The Morgan fingerprint density at radius 2 is 1.76 bits per heavy atom. The number of piperidine rings is 1. The summed E-state index contributed by atoms with van der Waals surface area (Å²) in [5.41, 5.74) is 1.87. The quantitative estimate of drug-likeness (QED) is 0.295. The fourth-order valence-electron chi connectivity index (χ4n) is 5.77. The number of carbonyl (C=O) groups excluding carboxylic acids is 3. The van der Waals surface area contributed by atoms with Crippen LogP contribution in [0.4, 0.5) is 4.39 Å². The number of hydrogen-bond acceptors (Lipinski definition) is 8. The summed E-state index contributed by atoms with van der Waals surface area (Å²) in [6, 6.07) is 20.6. The number of carbonyl (C=O) groups is 3. The van der Waals surface area contributed by atoms with Gasteiger partial charge in [-0.2, -0.15) is 0 Å². The molecule has 49 heavy (non-hydrogen) atoms. The van der Waals surface area contributed by atoms with Crippen LogP contribution in [-0.2, 0) is 21.4 Å². The van der Waals surface area contributed by atoms with Crippen molar-refractivity contribution in [3.63, 3.8) is 0 Å². The molecule has 0 unspecified atom stereocenters. The van der Waals surface area contributed by atoms with E-state index in [1.165, 1.54) is 54.5 Å². The number of fused-ring (bicyclic) bond motifs is 7. The molecule has 4 N–H and O–H groups in total. The molecular weight excluding hydrogens is 655 g/mol. The van der Waals surface area contributed by atoms with Gasteiger partial charge >= 0.3 is 0 Å². The first-order valence-electron chi connectivity index (χ1n) is 15.3. The minimum absolute atomic E-state index is 0.00806. The van der Waals surface area contributed by atoms with E-state index in [-0.39, 0.29) is 48.2 Å². The number of nitrogens with two attached hydrogens (primary N) is 1. The zero-order chi connectivity index (χ0) is 34.7. The Hall–Kier alpha value is -5.47. The summed E-state index contributed by atoms with van der Waals surface area (Å²) in [7, 11) is -2.46. The largest absolute Gasteiger partial charge is 0.496 e. The molecule has 1 saturated heterocycles. The minimum atomic E-state index is -3.95. The van der Waals surface area contributed by atoms with E-state index < -0.39 is 39.8 Å². The second-order valence-electron chi connectivity index (χ2n) is 11.6. The summed E-state index contributed by atoms with van der Waals surface area (Å²) in [6.45, 7) is 0.180. The number of primary sulfonamides is 1. The second-order valence-corrected chi connectivity index (χ2v) is 13.2. The number of ether oxygens (including phenoxy) is 3. The predicted molar refractivity (Wildman–Crippen MR) is 176 cm³/mol. The van der Waals surface area contributed by atoms with Crippen molar-refractivity contribution in [1.82, 2.24) is 15.5 Å². The van der Waals surface area contributed by atoms with Gasteiger partial charge in [-0.25, -0.2) is 17.9 Å². The number of halogens is 1. The second kappa shape index (κ2) is 13.9. The van der Waals surface area contributed by atoms with Gasteiger partial charge in [0.15, 0.2) is 6.61 Å². The molecule has 3 aliphatic rings. The molecule has 3 aliphatic heterocycles. The van der Waals surface area contributed by atoms with Gasteiger partial charge in [0.1, 0.15) is 29.2 Å². The number of benzene rings is 4. The maximum absolute atomic E-state index is 15.2. The molecule has 0 spiro atoms.